The highest BCUT2D eigenvalue weighted by atomic mass is 32.1. The molecule has 1 aliphatic heterocycles. The first kappa shape index (κ1) is 17.8. The highest BCUT2D eigenvalue weighted by Gasteiger charge is 2.27. The summed E-state index contributed by atoms with van der Waals surface area (Å²) in [5, 5.41) is 0. The quantitative estimate of drug-likeness (QED) is 0.750. The van der Waals surface area contributed by atoms with E-state index in [2.05, 4.69) is 45.0 Å². The highest BCUT2D eigenvalue weighted by Crippen LogP contribution is 2.34. The molecule has 1 N–H and O–H groups in total. The number of benzene rings is 1. The summed E-state index contributed by atoms with van der Waals surface area (Å²) in [7, 11) is 0. The monoisotopic (exact) mass is 382 g/mol. The lowest BCUT2D eigenvalue weighted by Gasteiger charge is -2.32. The molecule has 3 aromatic rings. The first-order chi connectivity index (χ1) is 13.1. The van der Waals surface area contributed by atoms with Crippen LogP contribution in [-0.2, 0) is 0 Å². The minimum Gasteiger partial charge on any atom is -0.292 e. The number of aromatic amines is 1. The first-order valence-electron chi connectivity index (χ1n) is 8.77. The molecule has 0 saturated heterocycles. The molecule has 27 heavy (non-hydrogen) atoms. The van der Waals surface area contributed by atoms with Crippen LogP contribution in [0.2, 0.25) is 0 Å². The zero-order valence-corrected chi connectivity index (χ0v) is 15.7. The van der Waals surface area contributed by atoms with Gasteiger partial charge in [0.15, 0.2) is 0 Å². The van der Waals surface area contributed by atoms with Gasteiger partial charge in [-0.1, -0.05) is 18.2 Å². The van der Waals surface area contributed by atoms with Gasteiger partial charge in [-0.05, 0) is 48.7 Å². The lowest BCUT2D eigenvalue weighted by atomic mass is 9.98. The second-order valence-electron chi connectivity index (χ2n) is 6.52. The van der Waals surface area contributed by atoms with E-state index in [1.165, 1.54) is 28.9 Å². The van der Waals surface area contributed by atoms with Crippen molar-refractivity contribution in [3.63, 3.8) is 0 Å². The van der Waals surface area contributed by atoms with E-state index in [1.807, 2.05) is 12.1 Å². The molecule has 0 saturated carbocycles. The molecule has 1 aromatic carbocycles. The largest absolute Gasteiger partial charge is 0.347 e. The zero-order valence-electron chi connectivity index (χ0n) is 14.9. The number of hydrogen-bond acceptors (Lipinski definition) is 5. The Morgan fingerprint density at radius 3 is 2.63 bits per heavy atom. The minimum atomic E-state index is -0.391. The molecule has 2 aromatic heterocycles. The Morgan fingerprint density at radius 2 is 2.00 bits per heavy atom. The van der Waals surface area contributed by atoms with Crippen LogP contribution in [0.25, 0.3) is 5.57 Å². The fourth-order valence-electron chi connectivity index (χ4n) is 3.39. The number of aryl methyl sites for hydroxylation is 1. The van der Waals surface area contributed by atoms with Crippen molar-refractivity contribution >= 4 is 16.9 Å². The van der Waals surface area contributed by atoms with Gasteiger partial charge in [-0.15, -0.1) is 11.3 Å². The molecule has 0 aliphatic carbocycles. The van der Waals surface area contributed by atoms with Crippen LogP contribution in [0.5, 0.6) is 0 Å². The van der Waals surface area contributed by atoms with E-state index in [-0.39, 0.29) is 11.9 Å². The van der Waals surface area contributed by atoms with Crippen LogP contribution in [0.15, 0.2) is 53.6 Å². The molecule has 1 atom stereocenters. The van der Waals surface area contributed by atoms with Crippen molar-refractivity contribution < 1.29 is 4.39 Å². The van der Waals surface area contributed by atoms with Gasteiger partial charge in [-0.3, -0.25) is 9.88 Å². The molecular weight excluding hydrogens is 363 g/mol. The van der Waals surface area contributed by atoms with Crippen LogP contribution in [0.4, 0.5) is 4.39 Å². The molecule has 1 aliphatic rings. The maximum absolute atomic E-state index is 13.2. The summed E-state index contributed by atoms with van der Waals surface area (Å²) in [6.45, 7) is 3.61. The van der Waals surface area contributed by atoms with E-state index in [1.54, 1.807) is 11.3 Å². The van der Waals surface area contributed by atoms with Gasteiger partial charge in [0, 0.05) is 22.8 Å². The molecule has 138 valence electrons. The summed E-state index contributed by atoms with van der Waals surface area (Å²) in [5.41, 5.74) is 1.87. The van der Waals surface area contributed by atoms with Gasteiger partial charge >= 0.3 is 5.69 Å². The van der Waals surface area contributed by atoms with Crippen molar-refractivity contribution in [2.24, 2.45) is 0 Å². The number of halogens is 1. The number of hydrogen-bond donors (Lipinski definition) is 1. The van der Waals surface area contributed by atoms with Crippen LogP contribution in [0.1, 0.15) is 33.6 Å². The summed E-state index contributed by atoms with van der Waals surface area (Å²) in [6.07, 6.45) is 4.33. The first-order valence-corrected chi connectivity index (χ1v) is 9.58. The topological polar surface area (TPSA) is 61.9 Å². The van der Waals surface area contributed by atoms with Crippen molar-refractivity contribution in [2.75, 3.05) is 13.1 Å². The molecule has 5 nitrogen and oxygen atoms in total. The molecule has 0 radical (unpaired) electrons. The smallest absolute Gasteiger partial charge is 0.292 e. The van der Waals surface area contributed by atoms with Crippen LogP contribution in [0.3, 0.4) is 0 Å². The third-order valence-corrected chi connectivity index (χ3v) is 5.77. The zero-order chi connectivity index (χ0) is 18.8. The van der Waals surface area contributed by atoms with Gasteiger partial charge in [0.2, 0.25) is 0 Å². The van der Waals surface area contributed by atoms with E-state index >= 15 is 0 Å². The molecule has 0 fully saturated rings. The molecule has 3 heterocycles. The SMILES string of the molecule is Cc1ccc(C(c2ncnc(=O)[nH]2)N2CC=C(c3ccc(F)cc3)CC2)s1. The fraction of sp³-hybridized carbons (Fsp3) is 0.250. The Morgan fingerprint density at radius 1 is 1.19 bits per heavy atom. The van der Waals surface area contributed by atoms with Crippen LogP contribution in [-0.4, -0.2) is 32.9 Å². The molecule has 0 spiro atoms. The number of nitrogens with zero attached hydrogens (tertiary/aromatic N) is 3. The molecule has 0 amide bonds. The predicted octanol–water partition coefficient (Wildman–Crippen LogP) is 3.55. The van der Waals surface area contributed by atoms with Gasteiger partial charge in [0.1, 0.15) is 24.0 Å². The van der Waals surface area contributed by atoms with Gasteiger partial charge < -0.3 is 0 Å². The van der Waals surface area contributed by atoms with Crippen molar-refractivity contribution in [3.05, 3.63) is 86.2 Å². The van der Waals surface area contributed by atoms with E-state index in [9.17, 15) is 9.18 Å². The van der Waals surface area contributed by atoms with Crippen LogP contribution < -0.4 is 5.69 Å². The summed E-state index contributed by atoms with van der Waals surface area (Å²) in [5.74, 6) is 0.383. The third-order valence-electron chi connectivity index (χ3n) is 4.72. The molecule has 7 heteroatoms. The Kier molecular flexibility index (Phi) is 4.96. The van der Waals surface area contributed by atoms with Gasteiger partial charge in [-0.25, -0.2) is 14.2 Å². The van der Waals surface area contributed by atoms with Crippen molar-refractivity contribution in [1.82, 2.24) is 19.9 Å². The van der Waals surface area contributed by atoms with Crippen LogP contribution >= 0.6 is 11.3 Å². The second-order valence-corrected chi connectivity index (χ2v) is 7.84. The minimum absolute atomic E-state index is 0.120. The number of thiophene rings is 1. The average molecular weight is 382 g/mol. The summed E-state index contributed by atoms with van der Waals surface area (Å²) >= 11 is 1.70. The van der Waals surface area contributed by atoms with Gasteiger partial charge in [0.25, 0.3) is 0 Å². The molecular formula is C20H19FN4OS. The second kappa shape index (κ2) is 7.54. The van der Waals surface area contributed by atoms with Crippen molar-refractivity contribution in [3.8, 4) is 0 Å². The normalized spacial score (nSPS) is 16.1. The Hall–Kier alpha value is -2.64. The number of rotatable bonds is 4. The predicted molar refractivity (Wildman–Crippen MR) is 104 cm³/mol. The van der Waals surface area contributed by atoms with Gasteiger partial charge in [-0.2, -0.15) is 4.98 Å². The van der Waals surface area contributed by atoms with Crippen LogP contribution in [0, 0.1) is 12.7 Å². The van der Waals surface area contributed by atoms with E-state index < -0.39 is 5.69 Å². The van der Waals surface area contributed by atoms with Crippen molar-refractivity contribution in [1.29, 1.82) is 0 Å². The Balaban J connectivity index is 1.64. The molecule has 4 rings (SSSR count). The van der Waals surface area contributed by atoms with Crippen molar-refractivity contribution in [2.45, 2.75) is 19.4 Å². The maximum atomic E-state index is 13.2. The Bertz CT molecular complexity index is 1020. The fourth-order valence-corrected chi connectivity index (χ4v) is 4.41. The lowest BCUT2D eigenvalue weighted by Crippen LogP contribution is -2.35. The standard InChI is InChI=1S/C20H19FN4OS/c1-13-2-7-17(27-13)18(19-22-12-23-20(26)24-19)25-10-8-15(9-11-25)14-3-5-16(21)6-4-14/h2-8,12,18H,9-11H2,1H3,(H,22,23,24,26). The van der Waals surface area contributed by atoms with Gasteiger partial charge in [0.05, 0.1) is 0 Å². The van der Waals surface area contributed by atoms with E-state index in [0.717, 1.165) is 30.0 Å². The van der Waals surface area contributed by atoms with E-state index in [4.69, 9.17) is 0 Å². The lowest BCUT2D eigenvalue weighted by molar-refractivity contribution is 0.243. The summed E-state index contributed by atoms with van der Waals surface area (Å²) in [4.78, 5) is 27.1. The molecule has 1 unspecified atom stereocenters. The number of nitrogens with one attached hydrogen (secondary N) is 1. The summed E-state index contributed by atoms with van der Waals surface area (Å²) in [6, 6.07) is 10.7. The average Bonchev–Trinajstić information content (AvgIpc) is 3.09. The number of H-pyrrole nitrogens is 1. The number of aromatic nitrogens is 3. The summed E-state index contributed by atoms with van der Waals surface area (Å²) < 4.78 is 13.2. The Labute approximate surface area is 160 Å². The third kappa shape index (κ3) is 3.89. The highest BCUT2D eigenvalue weighted by molar-refractivity contribution is 7.12. The molecule has 0 bridgehead atoms. The van der Waals surface area contributed by atoms with E-state index in [0.29, 0.717) is 5.82 Å². The maximum Gasteiger partial charge on any atom is 0.347 e.